The number of rotatable bonds is 4. The van der Waals surface area contributed by atoms with Crippen LogP contribution in [0.3, 0.4) is 0 Å². The second kappa shape index (κ2) is 6.33. The van der Waals surface area contributed by atoms with E-state index in [1.54, 1.807) is 11.7 Å². The topological polar surface area (TPSA) is 70.2 Å². The summed E-state index contributed by atoms with van der Waals surface area (Å²) in [5.74, 6) is 0.472. The van der Waals surface area contributed by atoms with Crippen LogP contribution in [0.15, 0.2) is 21.1 Å². The number of aryl methyl sites for hydroxylation is 2. The van der Waals surface area contributed by atoms with Gasteiger partial charge in [-0.05, 0) is 38.8 Å². The number of nitrogens with zero attached hydrogens (tertiary/aromatic N) is 3. The molecule has 1 heterocycles. The molecule has 0 N–H and O–H groups in total. The molecule has 0 saturated carbocycles. The molecule has 0 amide bonds. The molecule has 0 aliphatic carbocycles. The second-order valence-electron chi connectivity index (χ2n) is 4.26. The molecule has 1 aromatic heterocycles. The fourth-order valence-electron chi connectivity index (χ4n) is 1.77. The molecule has 2 aromatic rings. The molecule has 0 radical (unpaired) electrons. The van der Waals surface area contributed by atoms with E-state index in [1.165, 1.54) is 12.1 Å². The van der Waals surface area contributed by atoms with Crippen LogP contribution in [0.4, 0.5) is 5.69 Å². The minimum atomic E-state index is -0.471. The molecule has 6 nitrogen and oxygen atoms in total. The van der Waals surface area contributed by atoms with Gasteiger partial charge < -0.3 is 4.74 Å². The van der Waals surface area contributed by atoms with Gasteiger partial charge in [0.2, 0.25) is 0 Å². The number of non-ortho nitro benzene ring substituents is 1. The fraction of sp³-hybridized carbons (Fsp3) is 0.250. The number of ether oxygens (including phenoxy) is 1. The number of benzene rings is 1. The van der Waals surface area contributed by atoms with E-state index in [2.05, 4.69) is 37.0 Å². The highest BCUT2D eigenvalue weighted by Crippen LogP contribution is 2.38. The lowest BCUT2D eigenvalue weighted by atomic mass is 10.3. The fourth-order valence-corrected chi connectivity index (χ4v) is 3.39. The van der Waals surface area contributed by atoms with Crippen LogP contribution in [0.2, 0.25) is 5.15 Å². The molecule has 21 heavy (non-hydrogen) atoms. The summed E-state index contributed by atoms with van der Waals surface area (Å²) >= 11 is 12.7. The summed E-state index contributed by atoms with van der Waals surface area (Å²) in [5, 5.41) is 15.5. The summed E-state index contributed by atoms with van der Waals surface area (Å²) in [7, 11) is 1.75. The summed E-state index contributed by atoms with van der Waals surface area (Å²) in [6.07, 6.45) is 0. The van der Waals surface area contributed by atoms with Gasteiger partial charge in [-0.2, -0.15) is 5.10 Å². The molecule has 0 fully saturated rings. The quantitative estimate of drug-likeness (QED) is 0.523. The number of hydrogen-bond acceptors (Lipinski definition) is 4. The predicted octanol–water partition coefficient (Wildman–Crippen LogP) is 4.39. The van der Waals surface area contributed by atoms with Gasteiger partial charge in [-0.1, -0.05) is 11.6 Å². The van der Waals surface area contributed by atoms with E-state index in [0.717, 1.165) is 11.3 Å². The molecule has 0 spiro atoms. The lowest BCUT2D eigenvalue weighted by Gasteiger charge is -2.10. The average Bonchev–Trinajstić information content (AvgIpc) is 2.63. The van der Waals surface area contributed by atoms with Gasteiger partial charge in [0, 0.05) is 24.7 Å². The second-order valence-corrected chi connectivity index (χ2v) is 6.33. The van der Waals surface area contributed by atoms with Gasteiger partial charge in [0.1, 0.15) is 17.5 Å². The van der Waals surface area contributed by atoms with Crippen LogP contribution in [-0.2, 0) is 13.7 Å². The molecule has 112 valence electrons. The van der Waals surface area contributed by atoms with E-state index < -0.39 is 4.92 Å². The summed E-state index contributed by atoms with van der Waals surface area (Å²) in [6, 6.07) is 2.77. The van der Waals surface area contributed by atoms with Crippen LogP contribution in [-0.4, -0.2) is 14.7 Å². The lowest BCUT2D eigenvalue weighted by molar-refractivity contribution is -0.385. The largest absolute Gasteiger partial charge is 0.486 e. The normalized spacial score (nSPS) is 10.7. The Labute approximate surface area is 142 Å². The van der Waals surface area contributed by atoms with E-state index in [1.807, 2.05) is 6.92 Å². The maximum Gasteiger partial charge on any atom is 0.271 e. The average molecular weight is 439 g/mol. The van der Waals surface area contributed by atoms with Crippen molar-refractivity contribution in [3.8, 4) is 5.75 Å². The summed E-state index contributed by atoms with van der Waals surface area (Å²) in [5.41, 5.74) is 1.52. The number of aromatic nitrogens is 2. The molecule has 0 bridgehead atoms. The van der Waals surface area contributed by atoms with Crippen molar-refractivity contribution in [3.63, 3.8) is 0 Å². The van der Waals surface area contributed by atoms with Gasteiger partial charge in [0.25, 0.3) is 5.69 Å². The SMILES string of the molecule is Cc1nn(C)c(Cl)c1COc1c(Br)cc([N+](=O)[O-])cc1Br. The molecule has 0 saturated heterocycles. The Morgan fingerprint density at radius 2 is 2.00 bits per heavy atom. The molecule has 0 aliphatic heterocycles. The Balaban J connectivity index is 2.26. The van der Waals surface area contributed by atoms with E-state index in [0.29, 0.717) is 19.8 Å². The van der Waals surface area contributed by atoms with Crippen molar-refractivity contribution < 1.29 is 9.66 Å². The minimum absolute atomic E-state index is 0.0308. The van der Waals surface area contributed by atoms with Crippen molar-refractivity contribution in [3.05, 3.63) is 47.6 Å². The van der Waals surface area contributed by atoms with Crippen LogP contribution in [0.25, 0.3) is 0 Å². The Morgan fingerprint density at radius 1 is 1.43 bits per heavy atom. The van der Waals surface area contributed by atoms with Gasteiger partial charge in [-0.3, -0.25) is 14.8 Å². The number of nitro benzene ring substituents is 1. The van der Waals surface area contributed by atoms with E-state index >= 15 is 0 Å². The first-order chi connectivity index (χ1) is 9.81. The Kier molecular flexibility index (Phi) is 4.90. The summed E-state index contributed by atoms with van der Waals surface area (Å²) < 4.78 is 8.25. The van der Waals surface area contributed by atoms with Gasteiger partial charge in [0.15, 0.2) is 0 Å². The monoisotopic (exact) mass is 437 g/mol. The van der Waals surface area contributed by atoms with Crippen molar-refractivity contribution in [2.45, 2.75) is 13.5 Å². The van der Waals surface area contributed by atoms with Gasteiger partial charge in [-0.25, -0.2) is 0 Å². The zero-order valence-electron chi connectivity index (χ0n) is 11.1. The minimum Gasteiger partial charge on any atom is -0.486 e. The first kappa shape index (κ1) is 16.3. The van der Waals surface area contributed by atoms with Crippen molar-refractivity contribution in [2.75, 3.05) is 0 Å². The van der Waals surface area contributed by atoms with E-state index in [-0.39, 0.29) is 12.3 Å². The van der Waals surface area contributed by atoms with Crippen LogP contribution in [0.5, 0.6) is 5.75 Å². The summed E-state index contributed by atoms with van der Waals surface area (Å²) in [6.45, 7) is 2.05. The van der Waals surface area contributed by atoms with Gasteiger partial charge in [-0.15, -0.1) is 0 Å². The third kappa shape index (κ3) is 3.38. The van der Waals surface area contributed by atoms with Crippen LogP contribution >= 0.6 is 43.5 Å². The molecule has 0 atom stereocenters. The predicted molar refractivity (Wildman–Crippen MR) is 85.8 cm³/mol. The lowest BCUT2D eigenvalue weighted by Crippen LogP contribution is -1.99. The van der Waals surface area contributed by atoms with Crippen molar-refractivity contribution in [1.82, 2.24) is 9.78 Å². The number of nitro groups is 1. The zero-order chi connectivity index (χ0) is 15.7. The first-order valence-corrected chi connectivity index (χ1v) is 7.72. The summed E-state index contributed by atoms with van der Waals surface area (Å²) in [4.78, 5) is 10.3. The van der Waals surface area contributed by atoms with Crippen LogP contribution < -0.4 is 4.74 Å². The Bertz CT molecular complexity index is 695. The van der Waals surface area contributed by atoms with Crippen LogP contribution in [0, 0.1) is 17.0 Å². The smallest absolute Gasteiger partial charge is 0.271 e. The highest BCUT2D eigenvalue weighted by atomic mass is 79.9. The van der Waals surface area contributed by atoms with E-state index in [4.69, 9.17) is 16.3 Å². The molecule has 0 aliphatic rings. The third-order valence-corrected chi connectivity index (χ3v) is 4.48. The molecule has 1 aromatic carbocycles. The highest BCUT2D eigenvalue weighted by molar-refractivity contribution is 9.11. The van der Waals surface area contributed by atoms with Crippen molar-refractivity contribution in [2.24, 2.45) is 7.05 Å². The molecular formula is C12H10Br2ClN3O3. The highest BCUT2D eigenvalue weighted by Gasteiger charge is 2.17. The van der Waals surface area contributed by atoms with Crippen molar-refractivity contribution in [1.29, 1.82) is 0 Å². The first-order valence-electron chi connectivity index (χ1n) is 5.75. The van der Waals surface area contributed by atoms with Crippen LogP contribution in [0.1, 0.15) is 11.3 Å². The Hall–Kier alpha value is -1.12. The van der Waals surface area contributed by atoms with E-state index in [9.17, 15) is 10.1 Å². The maximum absolute atomic E-state index is 10.8. The molecule has 2 rings (SSSR count). The van der Waals surface area contributed by atoms with Gasteiger partial charge in [0.05, 0.1) is 19.6 Å². The maximum atomic E-state index is 10.8. The van der Waals surface area contributed by atoms with Crippen molar-refractivity contribution >= 4 is 49.1 Å². The number of hydrogen-bond donors (Lipinski definition) is 0. The number of halogens is 3. The zero-order valence-corrected chi connectivity index (χ0v) is 15.0. The Morgan fingerprint density at radius 3 is 2.43 bits per heavy atom. The van der Waals surface area contributed by atoms with Gasteiger partial charge >= 0.3 is 0 Å². The third-order valence-electron chi connectivity index (χ3n) is 2.82. The molecule has 0 unspecified atom stereocenters. The standard InChI is InChI=1S/C12H10Br2ClN3O3/c1-6-8(12(15)17(2)16-6)5-21-11-9(13)3-7(18(19)20)4-10(11)14/h3-4H,5H2,1-2H3. The molecule has 9 heteroatoms. The molecular weight excluding hydrogens is 429 g/mol.